The molecule has 21 heavy (non-hydrogen) atoms. The summed E-state index contributed by atoms with van der Waals surface area (Å²) in [6.45, 7) is 1.11. The van der Waals surface area contributed by atoms with Crippen LogP contribution in [0.3, 0.4) is 0 Å². The van der Waals surface area contributed by atoms with E-state index < -0.39 is 0 Å². The fourth-order valence-corrected chi connectivity index (χ4v) is 1.55. The molecule has 1 aromatic carbocycles. The van der Waals surface area contributed by atoms with E-state index >= 15 is 0 Å². The van der Waals surface area contributed by atoms with Gasteiger partial charge in [0, 0.05) is 33.6 Å². The van der Waals surface area contributed by atoms with Crippen LogP contribution in [0.25, 0.3) is 0 Å². The molecule has 0 atom stereocenters. The molecule has 6 nitrogen and oxygen atoms in total. The number of rotatable bonds is 8. The summed E-state index contributed by atoms with van der Waals surface area (Å²) < 4.78 is 5.43. The molecule has 0 spiro atoms. The largest absolute Gasteiger partial charge is 0.484 e. The number of likely N-dealkylation sites (N-methyl/N-ethyl adjacent to an activating group) is 1. The number of carbonyl (C=O) groups is 2. The van der Waals surface area contributed by atoms with E-state index in [2.05, 4.69) is 10.6 Å². The average molecular weight is 293 g/mol. The first-order valence-corrected chi connectivity index (χ1v) is 6.86. The Labute approximate surface area is 125 Å². The average Bonchev–Trinajstić information content (AvgIpc) is 2.48. The maximum Gasteiger partial charge on any atom is 0.259 e. The van der Waals surface area contributed by atoms with E-state index in [1.165, 1.54) is 4.90 Å². The van der Waals surface area contributed by atoms with E-state index in [4.69, 9.17) is 4.74 Å². The minimum absolute atomic E-state index is 0.00143. The molecule has 0 saturated heterocycles. The van der Waals surface area contributed by atoms with Crippen molar-refractivity contribution in [3.8, 4) is 5.75 Å². The third kappa shape index (κ3) is 6.76. The molecule has 116 valence electrons. The van der Waals surface area contributed by atoms with E-state index in [-0.39, 0.29) is 18.4 Å². The summed E-state index contributed by atoms with van der Waals surface area (Å²) in [5, 5.41) is 5.76. The van der Waals surface area contributed by atoms with Crippen LogP contribution in [0, 0.1) is 0 Å². The standard InChI is InChI=1S/C15H23N3O3/c1-16-8-7-14(19)17-10-12-5-4-6-13(9-12)21-11-15(20)18(2)3/h4-6,9,16H,7-8,10-11H2,1-3H3,(H,17,19). The molecule has 6 heteroatoms. The van der Waals surface area contributed by atoms with Gasteiger partial charge >= 0.3 is 0 Å². The monoisotopic (exact) mass is 293 g/mol. The van der Waals surface area contributed by atoms with Crippen molar-refractivity contribution in [2.45, 2.75) is 13.0 Å². The second kappa shape index (κ2) is 8.97. The molecule has 0 heterocycles. The van der Waals surface area contributed by atoms with Gasteiger partial charge in [0.2, 0.25) is 5.91 Å². The Morgan fingerprint density at radius 1 is 1.29 bits per heavy atom. The lowest BCUT2D eigenvalue weighted by Crippen LogP contribution is -2.27. The summed E-state index contributed by atoms with van der Waals surface area (Å²) in [6.07, 6.45) is 0.448. The fraction of sp³-hybridized carbons (Fsp3) is 0.467. The van der Waals surface area contributed by atoms with Crippen molar-refractivity contribution in [3.63, 3.8) is 0 Å². The van der Waals surface area contributed by atoms with Crippen molar-refractivity contribution in [2.24, 2.45) is 0 Å². The third-order valence-electron chi connectivity index (χ3n) is 2.85. The second-order valence-corrected chi connectivity index (χ2v) is 4.85. The number of nitrogens with one attached hydrogen (secondary N) is 2. The van der Waals surface area contributed by atoms with E-state index in [1.807, 2.05) is 25.2 Å². The first-order valence-electron chi connectivity index (χ1n) is 6.86. The summed E-state index contributed by atoms with van der Waals surface area (Å²) in [7, 11) is 5.18. The number of amides is 2. The molecule has 2 N–H and O–H groups in total. The van der Waals surface area contributed by atoms with Gasteiger partial charge < -0.3 is 20.3 Å². The van der Waals surface area contributed by atoms with E-state index in [0.717, 1.165) is 5.56 Å². The molecule has 0 saturated carbocycles. The van der Waals surface area contributed by atoms with Crippen LogP contribution in [-0.4, -0.2) is 51.0 Å². The Balaban J connectivity index is 2.45. The fourth-order valence-electron chi connectivity index (χ4n) is 1.55. The molecule has 0 bridgehead atoms. The van der Waals surface area contributed by atoms with Gasteiger partial charge in [-0.1, -0.05) is 12.1 Å². The Hall–Kier alpha value is -2.08. The maximum atomic E-state index is 11.5. The topological polar surface area (TPSA) is 70.7 Å². The van der Waals surface area contributed by atoms with Gasteiger partial charge in [0.15, 0.2) is 6.61 Å². The van der Waals surface area contributed by atoms with Crippen molar-refractivity contribution in [1.82, 2.24) is 15.5 Å². The van der Waals surface area contributed by atoms with Crippen LogP contribution in [0.4, 0.5) is 0 Å². The first-order chi connectivity index (χ1) is 10.0. The lowest BCUT2D eigenvalue weighted by molar-refractivity contribution is -0.130. The van der Waals surface area contributed by atoms with Crippen molar-refractivity contribution in [2.75, 3.05) is 34.3 Å². The number of hydrogen-bond donors (Lipinski definition) is 2. The second-order valence-electron chi connectivity index (χ2n) is 4.85. The van der Waals surface area contributed by atoms with Gasteiger partial charge in [-0.05, 0) is 24.7 Å². The number of hydrogen-bond acceptors (Lipinski definition) is 4. The van der Waals surface area contributed by atoms with Crippen molar-refractivity contribution in [1.29, 1.82) is 0 Å². The summed E-state index contributed by atoms with van der Waals surface area (Å²) >= 11 is 0. The molecule has 0 aliphatic heterocycles. The lowest BCUT2D eigenvalue weighted by Gasteiger charge is -2.12. The number of benzene rings is 1. The van der Waals surface area contributed by atoms with Crippen LogP contribution < -0.4 is 15.4 Å². The van der Waals surface area contributed by atoms with Crippen molar-refractivity contribution < 1.29 is 14.3 Å². The van der Waals surface area contributed by atoms with E-state index in [1.54, 1.807) is 20.2 Å². The zero-order valence-electron chi connectivity index (χ0n) is 12.8. The molecule has 0 fully saturated rings. The van der Waals surface area contributed by atoms with E-state index in [9.17, 15) is 9.59 Å². The van der Waals surface area contributed by atoms with Crippen LogP contribution in [0.2, 0.25) is 0 Å². The number of carbonyl (C=O) groups excluding carboxylic acids is 2. The van der Waals surface area contributed by atoms with Gasteiger partial charge in [-0.15, -0.1) is 0 Å². The van der Waals surface area contributed by atoms with Gasteiger partial charge in [0.05, 0.1) is 0 Å². The quantitative estimate of drug-likeness (QED) is 0.727. The summed E-state index contributed by atoms with van der Waals surface area (Å²) in [5.41, 5.74) is 0.933. The molecule has 2 amide bonds. The molecule has 0 radical (unpaired) electrons. The van der Waals surface area contributed by atoms with Crippen LogP contribution >= 0.6 is 0 Å². The molecule has 0 aliphatic carbocycles. The molecule has 1 aromatic rings. The predicted octanol–water partition coefficient (Wildman–Crippen LogP) is 0.379. The zero-order valence-corrected chi connectivity index (χ0v) is 12.8. The van der Waals surface area contributed by atoms with Gasteiger partial charge in [-0.25, -0.2) is 0 Å². The minimum Gasteiger partial charge on any atom is -0.484 e. The summed E-state index contributed by atoms with van der Waals surface area (Å²) in [6, 6.07) is 7.35. The lowest BCUT2D eigenvalue weighted by atomic mass is 10.2. The highest BCUT2D eigenvalue weighted by molar-refractivity contribution is 5.77. The summed E-state index contributed by atoms with van der Waals surface area (Å²) in [4.78, 5) is 24.5. The van der Waals surface area contributed by atoms with Crippen LogP contribution in [0.1, 0.15) is 12.0 Å². The zero-order chi connectivity index (χ0) is 15.7. The van der Waals surface area contributed by atoms with Crippen LogP contribution in [-0.2, 0) is 16.1 Å². The Morgan fingerprint density at radius 2 is 2.05 bits per heavy atom. The van der Waals surface area contributed by atoms with Gasteiger partial charge in [-0.2, -0.15) is 0 Å². The highest BCUT2D eigenvalue weighted by Crippen LogP contribution is 2.13. The highest BCUT2D eigenvalue weighted by atomic mass is 16.5. The van der Waals surface area contributed by atoms with Gasteiger partial charge in [-0.3, -0.25) is 9.59 Å². The minimum atomic E-state index is -0.0965. The van der Waals surface area contributed by atoms with Gasteiger partial charge in [0.25, 0.3) is 5.91 Å². The normalized spacial score (nSPS) is 10.0. The van der Waals surface area contributed by atoms with Crippen molar-refractivity contribution in [3.05, 3.63) is 29.8 Å². The molecule has 0 aromatic heterocycles. The first kappa shape index (κ1) is 17.0. The predicted molar refractivity (Wildman–Crippen MR) is 81.0 cm³/mol. The Morgan fingerprint density at radius 3 is 2.71 bits per heavy atom. The molecule has 0 aliphatic rings. The molecular formula is C15H23N3O3. The van der Waals surface area contributed by atoms with Gasteiger partial charge in [0.1, 0.15) is 5.75 Å². The maximum absolute atomic E-state index is 11.5. The number of nitrogens with zero attached hydrogens (tertiary/aromatic N) is 1. The van der Waals surface area contributed by atoms with Crippen LogP contribution in [0.15, 0.2) is 24.3 Å². The highest BCUT2D eigenvalue weighted by Gasteiger charge is 2.06. The van der Waals surface area contributed by atoms with Crippen LogP contribution in [0.5, 0.6) is 5.75 Å². The number of ether oxygens (including phenoxy) is 1. The van der Waals surface area contributed by atoms with E-state index in [0.29, 0.717) is 25.3 Å². The molecular weight excluding hydrogens is 270 g/mol. The Kier molecular flexibility index (Phi) is 7.25. The smallest absolute Gasteiger partial charge is 0.259 e. The third-order valence-corrected chi connectivity index (χ3v) is 2.85. The molecule has 0 unspecified atom stereocenters. The Bertz CT molecular complexity index is 475. The van der Waals surface area contributed by atoms with Crippen molar-refractivity contribution >= 4 is 11.8 Å². The summed E-state index contributed by atoms with van der Waals surface area (Å²) in [5.74, 6) is 0.520. The molecule has 1 rings (SSSR count). The SMILES string of the molecule is CNCCC(=O)NCc1cccc(OCC(=O)N(C)C)c1.